The van der Waals surface area contributed by atoms with Gasteiger partial charge in [0.15, 0.2) is 6.61 Å². The first-order valence-electron chi connectivity index (χ1n) is 9.09. The number of carbonyl (C=O) groups is 3. The summed E-state index contributed by atoms with van der Waals surface area (Å²) in [6.07, 6.45) is 3.07. The Bertz CT molecular complexity index is 881. The fourth-order valence-corrected chi connectivity index (χ4v) is 2.97. The molecule has 0 atom stereocenters. The van der Waals surface area contributed by atoms with Gasteiger partial charge in [-0.1, -0.05) is 0 Å². The molecule has 1 aliphatic rings. The zero-order valence-corrected chi connectivity index (χ0v) is 15.8. The second-order valence-corrected chi connectivity index (χ2v) is 6.21. The van der Waals surface area contributed by atoms with E-state index in [0.717, 1.165) is 0 Å². The summed E-state index contributed by atoms with van der Waals surface area (Å²) < 4.78 is 5.47. The van der Waals surface area contributed by atoms with Gasteiger partial charge in [0.25, 0.3) is 11.8 Å². The van der Waals surface area contributed by atoms with E-state index in [0.29, 0.717) is 35.8 Å². The van der Waals surface area contributed by atoms with Crippen LogP contribution in [0.2, 0.25) is 0 Å². The Balaban J connectivity index is 1.83. The van der Waals surface area contributed by atoms with Gasteiger partial charge in [-0.3, -0.25) is 24.3 Å². The molecule has 3 rings (SSSR count). The van der Waals surface area contributed by atoms with Crippen LogP contribution < -0.4 is 15.0 Å². The summed E-state index contributed by atoms with van der Waals surface area (Å²) in [6.45, 7) is 4.73. The lowest BCUT2D eigenvalue weighted by Gasteiger charge is -2.31. The minimum atomic E-state index is -0.300. The van der Waals surface area contributed by atoms with Gasteiger partial charge in [-0.15, -0.1) is 0 Å². The van der Waals surface area contributed by atoms with Crippen molar-refractivity contribution in [3.63, 3.8) is 0 Å². The van der Waals surface area contributed by atoms with Crippen molar-refractivity contribution in [3.05, 3.63) is 48.3 Å². The maximum absolute atomic E-state index is 12.5. The smallest absolute Gasteiger partial charge is 0.265 e. The Morgan fingerprint density at radius 1 is 1.18 bits per heavy atom. The molecule has 0 radical (unpaired) electrons. The maximum Gasteiger partial charge on any atom is 0.265 e. The summed E-state index contributed by atoms with van der Waals surface area (Å²) >= 11 is 0. The lowest BCUT2D eigenvalue weighted by atomic mass is 10.2. The molecule has 2 aromatic rings. The predicted octanol–water partition coefficient (Wildman–Crippen LogP) is 1.93. The summed E-state index contributed by atoms with van der Waals surface area (Å²) in [4.78, 5) is 44.2. The van der Waals surface area contributed by atoms with Crippen LogP contribution in [-0.2, 0) is 9.59 Å². The zero-order chi connectivity index (χ0) is 20.1. The number of hydrogen-bond acceptors (Lipinski definition) is 5. The van der Waals surface area contributed by atoms with E-state index >= 15 is 0 Å². The number of ether oxygens (including phenoxy) is 1. The molecule has 1 N–H and O–H groups in total. The van der Waals surface area contributed by atoms with E-state index in [1.165, 1.54) is 17.3 Å². The number of nitrogens with zero attached hydrogens (tertiary/aromatic N) is 3. The van der Waals surface area contributed by atoms with Crippen molar-refractivity contribution in [2.75, 3.05) is 36.5 Å². The van der Waals surface area contributed by atoms with Crippen molar-refractivity contribution < 1.29 is 19.1 Å². The van der Waals surface area contributed by atoms with E-state index in [9.17, 15) is 14.4 Å². The fourth-order valence-electron chi connectivity index (χ4n) is 2.97. The number of fused-ring (bicyclic) bond motifs is 1. The van der Waals surface area contributed by atoms with Crippen LogP contribution in [0.3, 0.4) is 0 Å². The first kappa shape index (κ1) is 19.3. The van der Waals surface area contributed by atoms with E-state index in [-0.39, 0.29) is 30.9 Å². The first-order chi connectivity index (χ1) is 13.5. The van der Waals surface area contributed by atoms with Gasteiger partial charge in [-0.2, -0.15) is 0 Å². The SMILES string of the molecule is CCN(CC)C(=O)CN1C(=O)COc2ccc(NC(=O)c3ccncc3)cc21. The minimum absolute atomic E-state index is 0.0708. The molecule has 0 saturated heterocycles. The van der Waals surface area contributed by atoms with Crippen LogP contribution in [0.1, 0.15) is 24.2 Å². The number of aromatic nitrogens is 1. The molecule has 0 unspecified atom stereocenters. The molecular weight excluding hydrogens is 360 g/mol. The molecule has 2 heterocycles. The Morgan fingerprint density at radius 3 is 2.57 bits per heavy atom. The molecule has 8 heteroatoms. The van der Waals surface area contributed by atoms with Crippen molar-refractivity contribution in [2.24, 2.45) is 0 Å². The molecule has 0 bridgehead atoms. The van der Waals surface area contributed by atoms with E-state index in [4.69, 9.17) is 4.74 Å². The van der Waals surface area contributed by atoms with Crippen molar-refractivity contribution in [2.45, 2.75) is 13.8 Å². The number of benzene rings is 1. The summed E-state index contributed by atoms with van der Waals surface area (Å²) in [5.74, 6) is -0.243. The number of likely N-dealkylation sites (N-methyl/N-ethyl adjacent to an activating group) is 1. The molecule has 0 saturated carbocycles. The van der Waals surface area contributed by atoms with Gasteiger partial charge < -0.3 is 15.0 Å². The fraction of sp³-hybridized carbons (Fsp3) is 0.300. The van der Waals surface area contributed by atoms with Gasteiger partial charge in [0.1, 0.15) is 12.3 Å². The van der Waals surface area contributed by atoms with Crippen LogP contribution in [0.5, 0.6) is 5.75 Å². The third-order valence-corrected chi connectivity index (χ3v) is 4.51. The molecule has 1 aromatic heterocycles. The van der Waals surface area contributed by atoms with Gasteiger partial charge >= 0.3 is 0 Å². The van der Waals surface area contributed by atoms with Crippen LogP contribution in [-0.4, -0.2) is 53.8 Å². The van der Waals surface area contributed by atoms with Crippen LogP contribution in [0.15, 0.2) is 42.7 Å². The predicted molar refractivity (Wildman–Crippen MR) is 104 cm³/mol. The number of carbonyl (C=O) groups excluding carboxylic acids is 3. The highest BCUT2D eigenvalue weighted by atomic mass is 16.5. The molecule has 0 spiro atoms. The first-order valence-corrected chi connectivity index (χ1v) is 9.09. The summed E-state index contributed by atoms with van der Waals surface area (Å²) in [6, 6.07) is 8.22. The highest BCUT2D eigenvalue weighted by molar-refractivity contribution is 6.06. The lowest BCUT2D eigenvalue weighted by molar-refractivity contribution is -0.131. The second-order valence-electron chi connectivity index (χ2n) is 6.21. The van der Waals surface area contributed by atoms with Gasteiger partial charge in [0.2, 0.25) is 5.91 Å². The van der Waals surface area contributed by atoms with E-state index in [1.807, 2.05) is 13.8 Å². The highest BCUT2D eigenvalue weighted by Gasteiger charge is 2.29. The Morgan fingerprint density at radius 2 is 1.89 bits per heavy atom. The van der Waals surface area contributed by atoms with Crippen molar-refractivity contribution in [3.8, 4) is 5.75 Å². The van der Waals surface area contributed by atoms with Crippen LogP contribution in [0.4, 0.5) is 11.4 Å². The largest absolute Gasteiger partial charge is 0.482 e. The minimum Gasteiger partial charge on any atom is -0.482 e. The number of rotatable bonds is 6. The standard InChI is InChI=1S/C20H22N4O4/c1-3-23(4-2)18(25)12-24-16-11-15(5-6-17(16)28-13-19(24)26)22-20(27)14-7-9-21-10-8-14/h5-11H,3-4,12-13H2,1-2H3,(H,22,27). The number of pyridine rings is 1. The summed E-state index contributed by atoms with van der Waals surface area (Å²) in [7, 11) is 0. The van der Waals surface area contributed by atoms with Crippen molar-refractivity contribution in [1.82, 2.24) is 9.88 Å². The van der Waals surface area contributed by atoms with Crippen LogP contribution >= 0.6 is 0 Å². The van der Waals surface area contributed by atoms with E-state index in [1.54, 1.807) is 35.2 Å². The zero-order valence-electron chi connectivity index (χ0n) is 15.8. The summed E-state index contributed by atoms with van der Waals surface area (Å²) in [5.41, 5.74) is 1.43. The van der Waals surface area contributed by atoms with Gasteiger partial charge in [-0.25, -0.2) is 0 Å². The highest BCUT2D eigenvalue weighted by Crippen LogP contribution is 2.34. The molecule has 28 heavy (non-hydrogen) atoms. The van der Waals surface area contributed by atoms with Gasteiger partial charge in [0.05, 0.1) is 5.69 Å². The monoisotopic (exact) mass is 382 g/mol. The number of nitrogens with one attached hydrogen (secondary N) is 1. The number of hydrogen-bond donors (Lipinski definition) is 1. The van der Waals surface area contributed by atoms with Crippen molar-refractivity contribution in [1.29, 1.82) is 0 Å². The second kappa shape index (κ2) is 8.51. The average Bonchev–Trinajstić information content (AvgIpc) is 2.72. The molecule has 0 fully saturated rings. The molecule has 3 amide bonds. The Hall–Kier alpha value is -3.42. The van der Waals surface area contributed by atoms with Crippen molar-refractivity contribution >= 4 is 29.1 Å². The number of amides is 3. The average molecular weight is 382 g/mol. The molecule has 0 aliphatic carbocycles. The van der Waals surface area contributed by atoms with Gasteiger partial charge in [0, 0.05) is 36.7 Å². The topological polar surface area (TPSA) is 91.8 Å². The quantitative estimate of drug-likeness (QED) is 0.824. The maximum atomic E-state index is 12.5. The number of anilines is 2. The third kappa shape index (κ3) is 4.11. The molecule has 8 nitrogen and oxygen atoms in total. The normalized spacial score (nSPS) is 12.8. The molecule has 1 aliphatic heterocycles. The van der Waals surface area contributed by atoms with Gasteiger partial charge in [-0.05, 0) is 44.2 Å². The lowest BCUT2D eigenvalue weighted by Crippen LogP contribution is -2.46. The van der Waals surface area contributed by atoms with Crippen LogP contribution in [0.25, 0.3) is 0 Å². The third-order valence-electron chi connectivity index (χ3n) is 4.51. The Labute approximate surface area is 163 Å². The molecule has 1 aromatic carbocycles. The van der Waals surface area contributed by atoms with Crippen LogP contribution in [0, 0.1) is 0 Å². The van der Waals surface area contributed by atoms with E-state index < -0.39 is 0 Å². The Kier molecular flexibility index (Phi) is 5.88. The molecule has 146 valence electrons. The summed E-state index contributed by atoms with van der Waals surface area (Å²) in [5, 5.41) is 2.79. The molecular formula is C20H22N4O4. The van der Waals surface area contributed by atoms with E-state index in [2.05, 4.69) is 10.3 Å².